The van der Waals surface area contributed by atoms with Crippen LogP contribution in [-0.2, 0) is 0 Å². The van der Waals surface area contributed by atoms with E-state index in [0.717, 1.165) is 12.1 Å². The van der Waals surface area contributed by atoms with Crippen molar-refractivity contribution in [2.45, 2.75) is 58.8 Å². The van der Waals surface area contributed by atoms with Crippen molar-refractivity contribution >= 4 is 11.9 Å². The molecule has 1 nitrogen and oxygen atoms in total. The molecule has 94 valence electrons. The molecule has 0 fully saturated rings. The predicted octanol–water partition coefficient (Wildman–Crippen LogP) is 5.45. The monoisotopic (exact) mass is 231 g/mol. The lowest BCUT2D eigenvalue weighted by Crippen LogP contribution is -1.80. The van der Waals surface area contributed by atoms with Crippen molar-refractivity contribution in [2.75, 3.05) is 0 Å². The van der Waals surface area contributed by atoms with Gasteiger partial charge < -0.3 is 0 Å². The highest BCUT2D eigenvalue weighted by atomic mass is 14.7. The van der Waals surface area contributed by atoms with Crippen molar-refractivity contribution in [1.82, 2.24) is 0 Å². The highest BCUT2D eigenvalue weighted by Crippen LogP contribution is 2.12. The summed E-state index contributed by atoms with van der Waals surface area (Å²) in [5.74, 6) is 0. The molecule has 0 aliphatic rings. The Morgan fingerprint density at radius 2 is 1.59 bits per heavy atom. The minimum Gasteiger partial charge on any atom is -0.261 e. The third-order valence-corrected chi connectivity index (χ3v) is 2.96. The summed E-state index contributed by atoms with van der Waals surface area (Å²) in [6, 6.07) is 8.37. The molecule has 0 aromatic heterocycles. The predicted molar refractivity (Wildman–Crippen MR) is 77.3 cm³/mol. The number of unbranched alkanes of at least 4 members (excludes halogenated alkanes) is 6. The van der Waals surface area contributed by atoms with Gasteiger partial charge in [-0.05, 0) is 31.9 Å². The molecule has 0 amide bonds. The van der Waals surface area contributed by atoms with E-state index in [1.54, 1.807) is 0 Å². The van der Waals surface area contributed by atoms with E-state index in [-0.39, 0.29) is 0 Å². The van der Waals surface area contributed by atoms with E-state index in [2.05, 4.69) is 49.3 Å². The van der Waals surface area contributed by atoms with Gasteiger partial charge in [0, 0.05) is 6.21 Å². The molecule has 17 heavy (non-hydrogen) atoms. The molecule has 0 saturated carbocycles. The van der Waals surface area contributed by atoms with Gasteiger partial charge >= 0.3 is 0 Å². The Labute approximate surface area is 106 Å². The second kappa shape index (κ2) is 8.98. The van der Waals surface area contributed by atoms with Crippen LogP contribution < -0.4 is 0 Å². The molecular formula is C16H25N. The zero-order chi connectivity index (χ0) is 12.3. The molecule has 0 spiro atoms. The third kappa shape index (κ3) is 6.93. The Morgan fingerprint density at radius 1 is 0.941 bits per heavy atom. The first kappa shape index (κ1) is 14.0. The lowest BCUT2D eigenvalue weighted by Gasteiger charge is -1.98. The molecule has 0 aliphatic carbocycles. The molecule has 0 bridgehead atoms. The van der Waals surface area contributed by atoms with Crippen molar-refractivity contribution in [1.29, 1.82) is 0 Å². The Hall–Kier alpha value is -1.11. The first-order valence-corrected chi connectivity index (χ1v) is 6.92. The Bertz CT molecular complexity index is 311. The van der Waals surface area contributed by atoms with Crippen LogP contribution in [0.4, 0.5) is 5.69 Å². The van der Waals surface area contributed by atoms with E-state index < -0.39 is 0 Å². The first-order chi connectivity index (χ1) is 8.33. The van der Waals surface area contributed by atoms with Crippen LogP contribution in [0.5, 0.6) is 0 Å². The summed E-state index contributed by atoms with van der Waals surface area (Å²) < 4.78 is 0. The van der Waals surface area contributed by atoms with Crippen LogP contribution in [0.2, 0.25) is 0 Å². The molecule has 1 aromatic carbocycles. The minimum atomic E-state index is 1.07. The van der Waals surface area contributed by atoms with Crippen LogP contribution in [0, 0.1) is 6.92 Å². The van der Waals surface area contributed by atoms with E-state index >= 15 is 0 Å². The molecular weight excluding hydrogens is 206 g/mol. The maximum Gasteiger partial charge on any atom is 0.0625 e. The molecule has 0 unspecified atom stereocenters. The minimum absolute atomic E-state index is 1.07. The number of hydrogen-bond donors (Lipinski definition) is 0. The molecule has 1 rings (SSSR count). The summed E-state index contributed by atoms with van der Waals surface area (Å²) in [4.78, 5) is 4.46. The maximum atomic E-state index is 4.46. The van der Waals surface area contributed by atoms with Gasteiger partial charge in [-0.15, -0.1) is 0 Å². The summed E-state index contributed by atoms with van der Waals surface area (Å²) in [5.41, 5.74) is 2.36. The van der Waals surface area contributed by atoms with Crippen molar-refractivity contribution in [3.63, 3.8) is 0 Å². The molecule has 0 N–H and O–H groups in total. The van der Waals surface area contributed by atoms with E-state index in [1.807, 2.05) is 0 Å². The van der Waals surface area contributed by atoms with Gasteiger partial charge in [0.1, 0.15) is 0 Å². The van der Waals surface area contributed by atoms with E-state index in [4.69, 9.17) is 0 Å². The lowest BCUT2D eigenvalue weighted by molar-refractivity contribution is 0.617. The third-order valence-electron chi connectivity index (χ3n) is 2.96. The number of rotatable bonds is 8. The molecule has 0 heterocycles. The molecule has 1 heteroatoms. The molecule has 0 radical (unpaired) electrons. The van der Waals surface area contributed by atoms with E-state index in [0.29, 0.717) is 0 Å². The van der Waals surface area contributed by atoms with Crippen LogP contribution in [-0.4, -0.2) is 6.21 Å². The quantitative estimate of drug-likeness (QED) is 0.417. The SMILES string of the molecule is CCCCCCCCC=Nc1ccc(C)cc1. The fraction of sp³-hybridized carbons (Fsp3) is 0.562. The van der Waals surface area contributed by atoms with Gasteiger partial charge in [-0.3, -0.25) is 4.99 Å². The van der Waals surface area contributed by atoms with Gasteiger partial charge in [-0.2, -0.15) is 0 Å². The van der Waals surface area contributed by atoms with Crippen molar-refractivity contribution in [2.24, 2.45) is 4.99 Å². The standard InChI is InChI=1S/C16H25N/c1-3-4-5-6-7-8-9-14-17-16-12-10-15(2)11-13-16/h10-14H,3-9H2,1-2H3. The Kier molecular flexibility index (Phi) is 7.37. The van der Waals surface area contributed by atoms with E-state index in [1.165, 1.54) is 44.1 Å². The van der Waals surface area contributed by atoms with Gasteiger partial charge in [0.15, 0.2) is 0 Å². The second-order valence-electron chi connectivity index (χ2n) is 4.70. The maximum absolute atomic E-state index is 4.46. The molecule has 1 aromatic rings. The van der Waals surface area contributed by atoms with Gasteiger partial charge in [0.05, 0.1) is 5.69 Å². The second-order valence-corrected chi connectivity index (χ2v) is 4.70. The molecule has 0 saturated heterocycles. The number of aryl methyl sites for hydroxylation is 1. The zero-order valence-electron chi connectivity index (χ0n) is 11.3. The highest BCUT2D eigenvalue weighted by molar-refractivity contribution is 5.63. The van der Waals surface area contributed by atoms with E-state index in [9.17, 15) is 0 Å². The Morgan fingerprint density at radius 3 is 2.29 bits per heavy atom. The van der Waals surface area contributed by atoms with Gasteiger partial charge in [0.2, 0.25) is 0 Å². The number of hydrogen-bond acceptors (Lipinski definition) is 1. The summed E-state index contributed by atoms with van der Waals surface area (Å²) in [6.07, 6.45) is 11.3. The normalized spacial score (nSPS) is 11.2. The van der Waals surface area contributed by atoms with Crippen LogP contribution >= 0.6 is 0 Å². The lowest BCUT2D eigenvalue weighted by atomic mass is 10.1. The summed E-state index contributed by atoms with van der Waals surface area (Å²) in [6.45, 7) is 4.36. The summed E-state index contributed by atoms with van der Waals surface area (Å²) in [7, 11) is 0. The van der Waals surface area contributed by atoms with Crippen molar-refractivity contribution in [3.8, 4) is 0 Å². The topological polar surface area (TPSA) is 12.4 Å². The average molecular weight is 231 g/mol. The number of nitrogens with zero attached hydrogens (tertiary/aromatic N) is 1. The summed E-state index contributed by atoms with van der Waals surface area (Å²) in [5, 5.41) is 0. The van der Waals surface area contributed by atoms with Gasteiger partial charge in [-0.25, -0.2) is 0 Å². The largest absolute Gasteiger partial charge is 0.261 e. The van der Waals surface area contributed by atoms with Crippen molar-refractivity contribution < 1.29 is 0 Å². The number of aliphatic imine (C=N–C) groups is 1. The van der Waals surface area contributed by atoms with Crippen LogP contribution in [0.3, 0.4) is 0 Å². The Balaban J connectivity index is 2.08. The van der Waals surface area contributed by atoms with Crippen LogP contribution in [0.25, 0.3) is 0 Å². The zero-order valence-corrected chi connectivity index (χ0v) is 11.3. The highest BCUT2D eigenvalue weighted by Gasteiger charge is 1.89. The fourth-order valence-corrected chi connectivity index (χ4v) is 1.82. The fourth-order valence-electron chi connectivity index (χ4n) is 1.82. The van der Waals surface area contributed by atoms with Gasteiger partial charge in [0.25, 0.3) is 0 Å². The van der Waals surface area contributed by atoms with Gasteiger partial charge in [-0.1, -0.05) is 56.7 Å². The van der Waals surface area contributed by atoms with Crippen molar-refractivity contribution in [3.05, 3.63) is 29.8 Å². The molecule has 0 atom stereocenters. The molecule has 0 aliphatic heterocycles. The smallest absolute Gasteiger partial charge is 0.0625 e. The van der Waals surface area contributed by atoms with Crippen LogP contribution in [0.1, 0.15) is 57.4 Å². The summed E-state index contributed by atoms with van der Waals surface area (Å²) >= 11 is 0. The first-order valence-electron chi connectivity index (χ1n) is 6.92. The average Bonchev–Trinajstić information content (AvgIpc) is 2.35. The van der Waals surface area contributed by atoms with Crippen LogP contribution in [0.15, 0.2) is 29.3 Å². The number of benzene rings is 1.